The van der Waals surface area contributed by atoms with Crippen LogP contribution in [0.4, 0.5) is 15.8 Å². The number of hydrogen-bond donors (Lipinski definition) is 1. The summed E-state index contributed by atoms with van der Waals surface area (Å²) in [5, 5.41) is -0.222. The number of nitrogens with two attached hydrogens (primary N) is 1. The highest BCUT2D eigenvalue weighted by atomic mass is 35.5. The molecule has 0 aromatic heterocycles. The minimum Gasteiger partial charge on any atom is -0.395 e. The first kappa shape index (κ1) is 10.2. The van der Waals surface area contributed by atoms with Gasteiger partial charge in [0.05, 0.1) is 16.8 Å². The molecule has 5 heteroatoms. The van der Waals surface area contributed by atoms with E-state index in [0.717, 1.165) is 0 Å². The molecule has 3 nitrogen and oxygen atoms in total. The number of rotatable bonds is 1. The Balaban J connectivity index is 2.38. The maximum absolute atomic E-state index is 13.2. The Morgan fingerprint density at radius 1 is 1.53 bits per heavy atom. The van der Waals surface area contributed by atoms with E-state index in [2.05, 4.69) is 0 Å². The standard InChI is InChI=1S/C10H10ClFN2O/c11-6-4-9(15)14(5-6)8-3-1-2-7(12)10(8)13/h1-3,6H,4-5,13H2. The average Bonchev–Trinajstić information content (AvgIpc) is 2.50. The van der Waals surface area contributed by atoms with Crippen LogP contribution in [-0.4, -0.2) is 17.8 Å². The van der Waals surface area contributed by atoms with Gasteiger partial charge in [0.2, 0.25) is 5.91 Å². The van der Waals surface area contributed by atoms with Crippen molar-refractivity contribution >= 4 is 28.9 Å². The molecule has 1 heterocycles. The molecule has 1 amide bonds. The highest BCUT2D eigenvalue weighted by Gasteiger charge is 2.30. The molecule has 1 saturated heterocycles. The molecule has 15 heavy (non-hydrogen) atoms. The lowest BCUT2D eigenvalue weighted by Crippen LogP contribution is -2.25. The van der Waals surface area contributed by atoms with E-state index in [4.69, 9.17) is 17.3 Å². The fourth-order valence-corrected chi connectivity index (χ4v) is 1.93. The molecule has 80 valence electrons. The Labute approximate surface area is 91.6 Å². The molecule has 1 aromatic carbocycles. The molecule has 2 rings (SSSR count). The van der Waals surface area contributed by atoms with Gasteiger partial charge in [-0.1, -0.05) is 6.07 Å². The van der Waals surface area contributed by atoms with Gasteiger partial charge in [0, 0.05) is 13.0 Å². The molecule has 0 radical (unpaired) electrons. The molecule has 0 spiro atoms. The summed E-state index contributed by atoms with van der Waals surface area (Å²) in [6.07, 6.45) is 0.275. The molecule has 1 aliphatic rings. The van der Waals surface area contributed by atoms with Crippen LogP contribution in [0, 0.1) is 5.82 Å². The minimum atomic E-state index is -0.515. The molecule has 0 bridgehead atoms. The van der Waals surface area contributed by atoms with Crippen molar-refractivity contribution < 1.29 is 9.18 Å². The Hall–Kier alpha value is -1.29. The second-order valence-corrected chi connectivity index (χ2v) is 4.10. The number of para-hydroxylation sites is 1. The highest BCUT2D eigenvalue weighted by molar-refractivity contribution is 6.24. The maximum atomic E-state index is 13.2. The smallest absolute Gasteiger partial charge is 0.228 e. The predicted molar refractivity (Wildman–Crippen MR) is 57.4 cm³/mol. The lowest BCUT2D eigenvalue weighted by molar-refractivity contribution is -0.117. The zero-order valence-corrected chi connectivity index (χ0v) is 8.67. The number of benzene rings is 1. The summed E-state index contributed by atoms with van der Waals surface area (Å²) in [6.45, 7) is 0.383. The van der Waals surface area contributed by atoms with E-state index < -0.39 is 5.82 Å². The van der Waals surface area contributed by atoms with Crippen molar-refractivity contribution in [3.63, 3.8) is 0 Å². The number of amides is 1. The van der Waals surface area contributed by atoms with E-state index in [1.807, 2.05) is 0 Å². The van der Waals surface area contributed by atoms with Crippen LogP contribution in [0.25, 0.3) is 0 Å². The van der Waals surface area contributed by atoms with E-state index >= 15 is 0 Å². The summed E-state index contributed by atoms with van der Waals surface area (Å²) in [5.41, 5.74) is 5.96. The number of nitrogens with zero attached hydrogens (tertiary/aromatic N) is 1. The second kappa shape index (κ2) is 3.70. The monoisotopic (exact) mass is 228 g/mol. The summed E-state index contributed by atoms with van der Waals surface area (Å²) in [6, 6.07) is 4.40. The summed E-state index contributed by atoms with van der Waals surface area (Å²) >= 11 is 5.85. The van der Waals surface area contributed by atoms with E-state index in [0.29, 0.717) is 12.2 Å². The molecular formula is C10H10ClFN2O. The summed E-state index contributed by atoms with van der Waals surface area (Å²) in [7, 11) is 0. The van der Waals surface area contributed by atoms with Gasteiger partial charge in [-0.25, -0.2) is 4.39 Å². The minimum absolute atomic E-state index is 0.00313. The Morgan fingerprint density at radius 2 is 2.27 bits per heavy atom. The number of carbonyl (C=O) groups excluding carboxylic acids is 1. The summed E-state index contributed by atoms with van der Waals surface area (Å²) in [4.78, 5) is 12.9. The van der Waals surface area contributed by atoms with Gasteiger partial charge >= 0.3 is 0 Å². The Kier molecular flexibility index (Phi) is 2.52. The number of alkyl halides is 1. The van der Waals surface area contributed by atoms with E-state index in [1.54, 1.807) is 6.07 Å². The number of anilines is 2. The molecule has 0 saturated carbocycles. The van der Waals surface area contributed by atoms with Crippen LogP contribution < -0.4 is 10.6 Å². The molecule has 2 N–H and O–H groups in total. The topological polar surface area (TPSA) is 46.3 Å². The highest BCUT2D eigenvalue weighted by Crippen LogP contribution is 2.30. The van der Waals surface area contributed by atoms with E-state index in [1.165, 1.54) is 17.0 Å². The molecule has 1 aromatic rings. The lowest BCUT2D eigenvalue weighted by atomic mass is 10.2. The van der Waals surface area contributed by atoms with Gasteiger partial charge in [0.25, 0.3) is 0 Å². The third kappa shape index (κ3) is 1.77. The second-order valence-electron chi connectivity index (χ2n) is 3.48. The molecule has 1 atom stereocenters. The van der Waals surface area contributed by atoms with Crippen LogP contribution in [-0.2, 0) is 4.79 Å². The van der Waals surface area contributed by atoms with E-state index in [-0.39, 0.29) is 23.4 Å². The van der Waals surface area contributed by atoms with Crippen molar-refractivity contribution in [3.8, 4) is 0 Å². The van der Waals surface area contributed by atoms with Gasteiger partial charge in [0.1, 0.15) is 5.82 Å². The first-order chi connectivity index (χ1) is 7.09. The van der Waals surface area contributed by atoms with Crippen molar-refractivity contribution in [2.75, 3.05) is 17.2 Å². The van der Waals surface area contributed by atoms with Gasteiger partial charge in [-0.2, -0.15) is 0 Å². The third-order valence-corrected chi connectivity index (χ3v) is 2.69. The number of nitrogen functional groups attached to an aromatic ring is 1. The zero-order chi connectivity index (χ0) is 11.0. The van der Waals surface area contributed by atoms with Crippen molar-refractivity contribution in [1.82, 2.24) is 0 Å². The number of hydrogen-bond acceptors (Lipinski definition) is 2. The van der Waals surface area contributed by atoms with Gasteiger partial charge in [-0.15, -0.1) is 11.6 Å². The molecule has 0 aliphatic carbocycles. The fourth-order valence-electron chi connectivity index (χ4n) is 1.66. The van der Waals surface area contributed by atoms with Gasteiger partial charge in [0.15, 0.2) is 0 Å². The SMILES string of the molecule is Nc1c(F)cccc1N1CC(Cl)CC1=O. The van der Waals surface area contributed by atoms with E-state index in [9.17, 15) is 9.18 Å². The number of carbonyl (C=O) groups is 1. The average molecular weight is 229 g/mol. The fraction of sp³-hybridized carbons (Fsp3) is 0.300. The van der Waals surface area contributed by atoms with Crippen LogP contribution in [0.2, 0.25) is 0 Å². The quantitative estimate of drug-likeness (QED) is 0.588. The predicted octanol–water partition coefficient (Wildman–Crippen LogP) is 1.75. The van der Waals surface area contributed by atoms with Crippen LogP contribution in [0.15, 0.2) is 18.2 Å². The van der Waals surface area contributed by atoms with Crippen LogP contribution in [0.1, 0.15) is 6.42 Å². The van der Waals surface area contributed by atoms with Crippen molar-refractivity contribution in [2.45, 2.75) is 11.8 Å². The molecule has 1 fully saturated rings. The largest absolute Gasteiger partial charge is 0.395 e. The van der Waals surface area contributed by atoms with Gasteiger partial charge in [-0.3, -0.25) is 4.79 Å². The van der Waals surface area contributed by atoms with Crippen molar-refractivity contribution in [1.29, 1.82) is 0 Å². The molecule has 1 unspecified atom stereocenters. The molecular weight excluding hydrogens is 219 g/mol. The van der Waals surface area contributed by atoms with Crippen molar-refractivity contribution in [2.24, 2.45) is 0 Å². The van der Waals surface area contributed by atoms with Gasteiger partial charge in [-0.05, 0) is 12.1 Å². The van der Waals surface area contributed by atoms with Crippen molar-refractivity contribution in [3.05, 3.63) is 24.0 Å². The first-order valence-electron chi connectivity index (χ1n) is 4.58. The van der Waals surface area contributed by atoms with Crippen LogP contribution in [0.3, 0.4) is 0 Å². The Bertz CT molecular complexity index is 410. The first-order valence-corrected chi connectivity index (χ1v) is 5.01. The zero-order valence-electron chi connectivity index (χ0n) is 7.91. The van der Waals surface area contributed by atoms with Crippen LogP contribution >= 0.6 is 11.6 Å². The van der Waals surface area contributed by atoms with Crippen LogP contribution in [0.5, 0.6) is 0 Å². The maximum Gasteiger partial charge on any atom is 0.228 e. The Morgan fingerprint density at radius 3 is 2.87 bits per heavy atom. The van der Waals surface area contributed by atoms with Gasteiger partial charge < -0.3 is 10.6 Å². The third-order valence-electron chi connectivity index (χ3n) is 2.40. The summed E-state index contributed by atoms with van der Waals surface area (Å²) in [5.74, 6) is -0.634. The lowest BCUT2D eigenvalue weighted by Gasteiger charge is -2.18. The normalized spacial score (nSPS) is 21.1. The number of halogens is 2. The summed E-state index contributed by atoms with van der Waals surface area (Å²) < 4.78 is 13.2. The molecule has 1 aliphatic heterocycles.